The van der Waals surface area contributed by atoms with Crippen LogP contribution in [-0.4, -0.2) is 60.3 Å². The number of amides is 2. The summed E-state index contributed by atoms with van der Waals surface area (Å²) in [6.07, 6.45) is 0.283. The molecular formula is C24H28N4O2. The maximum atomic E-state index is 13.2. The van der Waals surface area contributed by atoms with Crippen LogP contribution in [0.4, 0.5) is 0 Å². The van der Waals surface area contributed by atoms with E-state index in [-0.39, 0.29) is 24.3 Å². The van der Waals surface area contributed by atoms with Gasteiger partial charge in [0.25, 0.3) is 5.91 Å². The van der Waals surface area contributed by atoms with Crippen molar-refractivity contribution in [3.8, 4) is 0 Å². The minimum Gasteiger partial charge on any atom is -0.358 e. The highest BCUT2D eigenvalue weighted by atomic mass is 16.2. The van der Waals surface area contributed by atoms with Crippen LogP contribution in [0.15, 0.2) is 48.5 Å². The van der Waals surface area contributed by atoms with Crippen LogP contribution in [0, 0.1) is 6.92 Å². The van der Waals surface area contributed by atoms with Gasteiger partial charge in [0.1, 0.15) is 0 Å². The van der Waals surface area contributed by atoms with E-state index in [2.05, 4.69) is 22.4 Å². The van der Waals surface area contributed by atoms with E-state index >= 15 is 0 Å². The van der Waals surface area contributed by atoms with Crippen molar-refractivity contribution >= 4 is 22.7 Å². The number of likely N-dealkylation sites (N-methyl/N-ethyl adjacent to an activating group) is 1. The lowest BCUT2D eigenvalue weighted by Crippen LogP contribution is -2.36. The molecule has 2 aromatic carbocycles. The summed E-state index contributed by atoms with van der Waals surface area (Å²) in [5, 5.41) is 4.06. The number of fused-ring (bicyclic) bond motifs is 2. The number of nitrogens with one attached hydrogen (secondary N) is 2. The zero-order valence-corrected chi connectivity index (χ0v) is 17.7. The maximum Gasteiger partial charge on any atom is 0.255 e. The number of aromatic nitrogens is 1. The standard InChI is InChI=1S/C24H28N4O2/c1-16-22(19-10-6-7-11-20(19)26-16)23-17-8-4-5-9-18(17)24(30)28(23)14-12-21(29)25-13-15-27(2)3/h4-11,23,26H,12-15H2,1-3H3,(H,25,29)/t23-/m0/s1. The van der Waals surface area contributed by atoms with Gasteiger partial charge in [0, 0.05) is 53.8 Å². The summed E-state index contributed by atoms with van der Waals surface area (Å²) in [7, 11) is 3.95. The summed E-state index contributed by atoms with van der Waals surface area (Å²) in [6.45, 7) is 3.82. The molecule has 6 heteroatoms. The highest BCUT2D eigenvalue weighted by Gasteiger charge is 2.39. The van der Waals surface area contributed by atoms with Crippen LogP contribution in [0.25, 0.3) is 10.9 Å². The molecule has 0 aliphatic carbocycles. The van der Waals surface area contributed by atoms with Gasteiger partial charge in [-0.05, 0) is 38.7 Å². The second-order valence-corrected chi connectivity index (χ2v) is 8.10. The van der Waals surface area contributed by atoms with Crippen molar-refractivity contribution in [3.05, 3.63) is 70.9 Å². The number of benzene rings is 2. The second kappa shape index (κ2) is 8.32. The van der Waals surface area contributed by atoms with E-state index in [1.165, 1.54) is 0 Å². The number of H-pyrrole nitrogens is 1. The molecular weight excluding hydrogens is 376 g/mol. The number of hydrogen-bond donors (Lipinski definition) is 2. The zero-order chi connectivity index (χ0) is 21.3. The largest absolute Gasteiger partial charge is 0.358 e. The molecule has 2 amide bonds. The van der Waals surface area contributed by atoms with Crippen LogP contribution in [-0.2, 0) is 4.79 Å². The van der Waals surface area contributed by atoms with Crippen molar-refractivity contribution < 1.29 is 9.59 Å². The molecule has 30 heavy (non-hydrogen) atoms. The van der Waals surface area contributed by atoms with Gasteiger partial charge in [-0.3, -0.25) is 9.59 Å². The molecule has 0 fully saturated rings. The number of carbonyl (C=O) groups excluding carboxylic acids is 2. The van der Waals surface area contributed by atoms with Gasteiger partial charge in [0.15, 0.2) is 0 Å². The Kier molecular flexibility index (Phi) is 5.59. The maximum absolute atomic E-state index is 13.2. The predicted octanol–water partition coefficient (Wildman–Crippen LogP) is 3.09. The summed E-state index contributed by atoms with van der Waals surface area (Å²) >= 11 is 0. The fourth-order valence-electron chi connectivity index (χ4n) is 4.29. The number of hydrogen-bond acceptors (Lipinski definition) is 3. The molecule has 0 saturated carbocycles. The van der Waals surface area contributed by atoms with Gasteiger partial charge in [-0.1, -0.05) is 36.4 Å². The summed E-state index contributed by atoms with van der Waals surface area (Å²) in [6, 6.07) is 15.7. The van der Waals surface area contributed by atoms with Crippen LogP contribution in [0.1, 0.15) is 39.6 Å². The Morgan fingerprint density at radius 1 is 1.13 bits per heavy atom. The van der Waals surface area contributed by atoms with Crippen LogP contribution in [0.3, 0.4) is 0 Å². The average Bonchev–Trinajstić information content (AvgIpc) is 3.19. The van der Waals surface area contributed by atoms with Crippen LogP contribution in [0.2, 0.25) is 0 Å². The van der Waals surface area contributed by atoms with E-state index in [1.54, 1.807) is 0 Å². The SMILES string of the molecule is Cc1[nH]c2ccccc2c1[C@@H]1c2ccccc2C(=O)N1CCC(=O)NCCN(C)C. The Bertz CT molecular complexity index is 1090. The van der Waals surface area contributed by atoms with Crippen molar-refractivity contribution in [2.45, 2.75) is 19.4 Å². The van der Waals surface area contributed by atoms with Crippen LogP contribution in [0.5, 0.6) is 0 Å². The third-order valence-corrected chi connectivity index (χ3v) is 5.74. The molecule has 4 rings (SSSR count). The average molecular weight is 405 g/mol. The van der Waals surface area contributed by atoms with Crippen molar-refractivity contribution in [2.24, 2.45) is 0 Å². The highest BCUT2D eigenvalue weighted by Crippen LogP contribution is 2.42. The summed E-state index contributed by atoms with van der Waals surface area (Å²) in [5.41, 5.74) is 4.94. The molecule has 2 N–H and O–H groups in total. The van der Waals surface area contributed by atoms with E-state index in [1.807, 2.05) is 67.2 Å². The lowest BCUT2D eigenvalue weighted by molar-refractivity contribution is -0.121. The first-order chi connectivity index (χ1) is 14.5. The first kappa shape index (κ1) is 20.2. The first-order valence-electron chi connectivity index (χ1n) is 10.4. The summed E-state index contributed by atoms with van der Waals surface area (Å²) < 4.78 is 0. The molecule has 0 radical (unpaired) electrons. The fourth-order valence-corrected chi connectivity index (χ4v) is 4.29. The monoisotopic (exact) mass is 404 g/mol. The molecule has 1 aromatic heterocycles. The topological polar surface area (TPSA) is 68.4 Å². The van der Waals surface area contributed by atoms with Crippen molar-refractivity contribution in [1.29, 1.82) is 0 Å². The van der Waals surface area contributed by atoms with Crippen molar-refractivity contribution in [2.75, 3.05) is 33.7 Å². The summed E-state index contributed by atoms with van der Waals surface area (Å²) in [4.78, 5) is 32.9. The van der Waals surface area contributed by atoms with Crippen molar-refractivity contribution in [1.82, 2.24) is 20.1 Å². The predicted molar refractivity (Wildman–Crippen MR) is 119 cm³/mol. The smallest absolute Gasteiger partial charge is 0.255 e. The van der Waals surface area contributed by atoms with Crippen LogP contribution >= 0.6 is 0 Å². The van der Waals surface area contributed by atoms with E-state index in [0.29, 0.717) is 13.1 Å². The van der Waals surface area contributed by atoms with Gasteiger partial charge in [-0.15, -0.1) is 0 Å². The normalized spacial score (nSPS) is 15.8. The third kappa shape index (κ3) is 3.71. The molecule has 0 saturated heterocycles. The van der Waals surface area contributed by atoms with E-state index in [9.17, 15) is 9.59 Å². The zero-order valence-electron chi connectivity index (χ0n) is 17.7. The first-order valence-corrected chi connectivity index (χ1v) is 10.4. The molecule has 2 heterocycles. The molecule has 156 valence electrons. The van der Waals surface area contributed by atoms with E-state index in [0.717, 1.165) is 39.8 Å². The Hall–Kier alpha value is -3.12. The number of rotatable bonds is 7. The fraction of sp³-hybridized carbons (Fsp3) is 0.333. The molecule has 1 aliphatic rings. The molecule has 0 spiro atoms. The summed E-state index contributed by atoms with van der Waals surface area (Å²) in [5.74, 6) is -0.0450. The van der Waals surface area contributed by atoms with Gasteiger partial charge >= 0.3 is 0 Å². The number of aryl methyl sites for hydroxylation is 1. The number of carbonyl (C=O) groups is 2. The lowest BCUT2D eigenvalue weighted by atomic mass is 9.95. The van der Waals surface area contributed by atoms with Crippen LogP contribution < -0.4 is 5.32 Å². The molecule has 0 unspecified atom stereocenters. The van der Waals surface area contributed by atoms with Gasteiger partial charge in [0.05, 0.1) is 6.04 Å². The Balaban J connectivity index is 1.63. The number of nitrogens with zero attached hydrogens (tertiary/aromatic N) is 2. The molecule has 1 atom stereocenters. The minimum atomic E-state index is -0.195. The Morgan fingerprint density at radius 3 is 2.67 bits per heavy atom. The Morgan fingerprint density at radius 2 is 1.87 bits per heavy atom. The van der Waals surface area contributed by atoms with Crippen molar-refractivity contribution in [3.63, 3.8) is 0 Å². The number of aromatic amines is 1. The van der Waals surface area contributed by atoms with E-state index in [4.69, 9.17) is 0 Å². The Labute approximate surface area is 176 Å². The second-order valence-electron chi connectivity index (χ2n) is 8.10. The minimum absolute atomic E-state index is 0.0126. The van der Waals surface area contributed by atoms with Gasteiger partial charge in [-0.2, -0.15) is 0 Å². The highest BCUT2D eigenvalue weighted by molar-refractivity contribution is 6.01. The molecule has 0 bridgehead atoms. The van der Waals surface area contributed by atoms with Gasteiger partial charge in [0.2, 0.25) is 5.91 Å². The lowest BCUT2D eigenvalue weighted by Gasteiger charge is -2.26. The van der Waals surface area contributed by atoms with Gasteiger partial charge in [-0.25, -0.2) is 0 Å². The molecule has 6 nitrogen and oxygen atoms in total. The van der Waals surface area contributed by atoms with Gasteiger partial charge < -0.3 is 20.1 Å². The number of para-hydroxylation sites is 1. The molecule has 1 aliphatic heterocycles. The quantitative estimate of drug-likeness (QED) is 0.636. The third-order valence-electron chi connectivity index (χ3n) is 5.74. The molecule has 3 aromatic rings. The van der Waals surface area contributed by atoms with E-state index < -0.39 is 0 Å².